The molecule has 2 unspecified atom stereocenters. The van der Waals surface area contributed by atoms with Crippen LogP contribution in [0.25, 0.3) is 0 Å². The number of aryl methyl sites for hydroxylation is 1. The topological polar surface area (TPSA) is 30.0 Å². The summed E-state index contributed by atoms with van der Waals surface area (Å²) in [6.45, 7) is 4.24. The van der Waals surface area contributed by atoms with Crippen molar-refractivity contribution in [3.8, 4) is 0 Å². The van der Waals surface area contributed by atoms with E-state index in [2.05, 4.69) is 11.9 Å². The fourth-order valence-corrected chi connectivity index (χ4v) is 3.15. The summed E-state index contributed by atoms with van der Waals surface area (Å²) >= 11 is 1.63. The van der Waals surface area contributed by atoms with Crippen molar-refractivity contribution in [2.75, 3.05) is 0 Å². The van der Waals surface area contributed by atoms with Crippen LogP contribution in [0, 0.1) is 18.8 Å². The maximum Gasteiger partial charge on any atom is 0.141 e. The molecule has 0 aliphatic heterocycles. The van der Waals surface area contributed by atoms with Crippen LogP contribution in [-0.4, -0.2) is 10.8 Å². The second-order valence-electron chi connectivity index (χ2n) is 4.97. The van der Waals surface area contributed by atoms with Crippen LogP contribution in [0.3, 0.4) is 0 Å². The lowest BCUT2D eigenvalue weighted by atomic mass is 9.79. The fraction of sp³-hybridized carbons (Fsp3) is 0.692. The number of aromatic nitrogens is 1. The maximum absolute atomic E-state index is 12.1. The zero-order valence-electron chi connectivity index (χ0n) is 10.0. The van der Waals surface area contributed by atoms with Crippen LogP contribution in [0.15, 0.2) is 5.38 Å². The average molecular weight is 237 g/mol. The number of Topliss-reactive ketones (excluding diaryl/α,β-unsaturated/α-hetero) is 1. The van der Waals surface area contributed by atoms with Gasteiger partial charge in [0.2, 0.25) is 0 Å². The van der Waals surface area contributed by atoms with Crippen LogP contribution in [-0.2, 0) is 11.2 Å². The number of thiazole rings is 1. The van der Waals surface area contributed by atoms with E-state index in [0.29, 0.717) is 18.1 Å². The quantitative estimate of drug-likeness (QED) is 0.806. The first-order valence-electron chi connectivity index (χ1n) is 6.09. The number of ketones is 1. The molecule has 1 fully saturated rings. The van der Waals surface area contributed by atoms with Gasteiger partial charge in [-0.05, 0) is 25.7 Å². The van der Waals surface area contributed by atoms with Crippen LogP contribution in [0.4, 0.5) is 0 Å². The Hall–Kier alpha value is -0.700. The fourth-order valence-electron chi connectivity index (χ4n) is 2.54. The van der Waals surface area contributed by atoms with E-state index in [9.17, 15) is 4.79 Å². The standard InChI is InChI=1S/C13H19NOS/c1-9-4-3-5-11(6-9)13(15)7-12-8-16-10(2)14-12/h8-9,11H,3-7H2,1-2H3. The van der Waals surface area contributed by atoms with Crippen LogP contribution < -0.4 is 0 Å². The SMILES string of the molecule is Cc1nc(CC(=O)C2CCCC(C)C2)cs1. The Morgan fingerprint density at radius 3 is 3.00 bits per heavy atom. The lowest BCUT2D eigenvalue weighted by Crippen LogP contribution is -2.23. The minimum atomic E-state index is 0.297. The smallest absolute Gasteiger partial charge is 0.141 e. The molecule has 0 amide bonds. The van der Waals surface area contributed by atoms with Crippen molar-refractivity contribution < 1.29 is 4.79 Å². The highest BCUT2D eigenvalue weighted by molar-refractivity contribution is 7.09. The van der Waals surface area contributed by atoms with Crippen molar-refractivity contribution in [2.24, 2.45) is 11.8 Å². The molecule has 3 heteroatoms. The monoisotopic (exact) mass is 237 g/mol. The molecule has 2 nitrogen and oxygen atoms in total. The van der Waals surface area contributed by atoms with E-state index in [1.807, 2.05) is 12.3 Å². The summed E-state index contributed by atoms with van der Waals surface area (Å²) in [5.74, 6) is 1.42. The predicted octanol–water partition coefficient (Wildman–Crippen LogP) is 3.39. The van der Waals surface area contributed by atoms with E-state index >= 15 is 0 Å². The zero-order valence-corrected chi connectivity index (χ0v) is 10.8. The van der Waals surface area contributed by atoms with E-state index in [1.54, 1.807) is 11.3 Å². The van der Waals surface area contributed by atoms with Crippen LogP contribution in [0.2, 0.25) is 0 Å². The molecule has 2 rings (SSSR count). The molecule has 0 saturated heterocycles. The van der Waals surface area contributed by atoms with Crippen molar-refractivity contribution in [2.45, 2.75) is 46.0 Å². The first-order chi connectivity index (χ1) is 7.65. The van der Waals surface area contributed by atoms with Crippen molar-refractivity contribution in [3.63, 3.8) is 0 Å². The Balaban J connectivity index is 1.92. The first kappa shape index (κ1) is 11.8. The highest BCUT2D eigenvalue weighted by Crippen LogP contribution is 2.29. The third kappa shape index (κ3) is 2.91. The molecule has 0 radical (unpaired) electrons. The lowest BCUT2D eigenvalue weighted by molar-refractivity contribution is -0.123. The van der Waals surface area contributed by atoms with Gasteiger partial charge in [0.15, 0.2) is 0 Å². The molecule has 88 valence electrons. The van der Waals surface area contributed by atoms with Crippen LogP contribution in [0.5, 0.6) is 0 Å². The number of nitrogens with zero attached hydrogens (tertiary/aromatic N) is 1. The minimum absolute atomic E-state index is 0.297. The summed E-state index contributed by atoms with van der Waals surface area (Å²) in [5.41, 5.74) is 0.964. The molecule has 16 heavy (non-hydrogen) atoms. The van der Waals surface area contributed by atoms with Gasteiger partial charge in [0, 0.05) is 17.7 Å². The van der Waals surface area contributed by atoms with Crippen LogP contribution >= 0.6 is 11.3 Å². The van der Waals surface area contributed by atoms with Crippen LogP contribution in [0.1, 0.15) is 43.3 Å². The minimum Gasteiger partial charge on any atom is -0.299 e. The summed E-state index contributed by atoms with van der Waals surface area (Å²) in [5, 5.41) is 3.07. The largest absolute Gasteiger partial charge is 0.299 e. The van der Waals surface area contributed by atoms with Gasteiger partial charge in [0.05, 0.1) is 10.7 Å². The number of hydrogen-bond donors (Lipinski definition) is 0. The Labute approximate surface area is 101 Å². The molecule has 1 saturated carbocycles. The van der Waals surface area contributed by atoms with E-state index in [0.717, 1.165) is 29.5 Å². The van der Waals surface area contributed by atoms with Gasteiger partial charge in [-0.25, -0.2) is 4.98 Å². The summed E-state index contributed by atoms with van der Waals surface area (Å²) in [6.07, 6.45) is 5.23. The molecule has 1 aromatic rings. The van der Waals surface area contributed by atoms with E-state index < -0.39 is 0 Å². The van der Waals surface area contributed by atoms with Crippen molar-refractivity contribution in [1.82, 2.24) is 4.98 Å². The Morgan fingerprint density at radius 1 is 1.56 bits per heavy atom. The number of hydrogen-bond acceptors (Lipinski definition) is 3. The van der Waals surface area contributed by atoms with E-state index in [1.165, 1.54) is 12.8 Å². The Kier molecular flexibility index (Phi) is 3.74. The lowest BCUT2D eigenvalue weighted by Gasteiger charge is -2.25. The third-order valence-electron chi connectivity index (χ3n) is 3.41. The third-order valence-corrected chi connectivity index (χ3v) is 4.24. The van der Waals surface area contributed by atoms with E-state index in [4.69, 9.17) is 0 Å². The van der Waals surface area contributed by atoms with Crippen molar-refractivity contribution >= 4 is 17.1 Å². The molecular weight excluding hydrogens is 218 g/mol. The Bertz CT molecular complexity index is 372. The average Bonchev–Trinajstić information content (AvgIpc) is 2.64. The van der Waals surface area contributed by atoms with Crippen molar-refractivity contribution in [1.29, 1.82) is 0 Å². The van der Waals surface area contributed by atoms with Gasteiger partial charge in [-0.1, -0.05) is 19.8 Å². The molecule has 0 aromatic carbocycles. The highest BCUT2D eigenvalue weighted by Gasteiger charge is 2.25. The van der Waals surface area contributed by atoms with Gasteiger partial charge in [0.25, 0.3) is 0 Å². The molecule has 0 bridgehead atoms. The molecule has 1 heterocycles. The normalized spacial score (nSPS) is 25.6. The van der Waals surface area contributed by atoms with E-state index in [-0.39, 0.29) is 0 Å². The summed E-state index contributed by atoms with van der Waals surface area (Å²) in [6, 6.07) is 0. The van der Waals surface area contributed by atoms with Gasteiger partial charge in [0.1, 0.15) is 5.78 Å². The van der Waals surface area contributed by atoms with Gasteiger partial charge in [-0.15, -0.1) is 11.3 Å². The molecular formula is C13H19NOS. The second-order valence-corrected chi connectivity index (χ2v) is 6.03. The number of carbonyl (C=O) groups is 1. The highest BCUT2D eigenvalue weighted by atomic mass is 32.1. The molecule has 0 spiro atoms. The summed E-state index contributed by atoms with van der Waals surface area (Å²) < 4.78 is 0. The van der Waals surface area contributed by atoms with Gasteiger partial charge < -0.3 is 0 Å². The molecule has 0 N–H and O–H groups in total. The van der Waals surface area contributed by atoms with Gasteiger partial charge >= 0.3 is 0 Å². The summed E-state index contributed by atoms with van der Waals surface area (Å²) in [7, 11) is 0. The van der Waals surface area contributed by atoms with Gasteiger partial charge in [-0.3, -0.25) is 4.79 Å². The van der Waals surface area contributed by atoms with Gasteiger partial charge in [-0.2, -0.15) is 0 Å². The second kappa shape index (κ2) is 5.09. The Morgan fingerprint density at radius 2 is 2.38 bits per heavy atom. The number of rotatable bonds is 3. The molecule has 1 aromatic heterocycles. The first-order valence-corrected chi connectivity index (χ1v) is 6.97. The maximum atomic E-state index is 12.1. The number of carbonyl (C=O) groups excluding carboxylic acids is 1. The zero-order chi connectivity index (χ0) is 11.5. The molecule has 1 aliphatic rings. The van der Waals surface area contributed by atoms with Crippen molar-refractivity contribution in [3.05, 3.63) is 16.1 Å². The predicted molar refractivity (Wildman–Crippen MR) is 66.7 cm³/mol. The molecule has 1 aliphatic carbocycles. The molecule has 2 atom stereocenters. The summed E-state index contributed by atoms with van der Waals surface area (Å²) in [4.78, 5) is 16.4.